The molecule has 0 aromatic heterocycles. The van der Waals surface area contributed by atoms with Crippen LogP contribution in [-0.2, 0) is 10.2 Å². The highest BCUT2D eigenvalue weighted by Crippen LogP contribution is 2.19. The van der Waals surface area contributed by atoms with E-state index in [-0.39, 0.29) is 6.54 Å². The number of nitrogens with zero attached hydrogens (tertiary/aromatic N) is 1. The molecular formula is C8H17F3N2O3S. The molecule has 9 heteroatoms. The molecule has 0 bridgehead atoms. The summed E-state index contributed by atoms with van der Waals surface area (Å²) < 4.78 is 61.2. The van der Waals surface area contributed by atoms with E-state index in [2.05, 4.69) is 0 Å². The van der Waals surface area contributed by atoms with Gasteiger partial charge >= 0.3 is 6.18 Å². The molecule has 1 atom stereocenters. The second-order valence-corrected chi connectivity index (χ2v) is 5.45. The van der Waals surface area contributed by atoms with Crippen LogP contribution in [0.15, 0.2) is 0 Å². The Hall–Kier alpha value is -0.380. The van der Waals surface area contributed by atoms with Gasteiger partial charge in [0.25, 0.3) is 10.2 Å². The molecule has 1 unspecified atom stereocenters. The summed E-state index contributed by atoms with van der Waals surface area (Å²) in [6.45, 7) is 0.998. The lowest BCUT2D eigenvalue weighted by Gasteiger charge is -2.20. The maximum atomic E-state index is 11.9. The summed E-state index contributed by atoms with van der Waals surface area (Å²) in [4.78, 5) is 0. The Labute approximate surface area is 98.8 Å². The monoisotopic (exact) mass is 278 g/mol. The minimum Gasteiger partial charge on any atom is -0.382 e. The fraction of sp³-hybridized carbons (Fsp3) is 1.00. The minimum absolute atomic E-state index is 0.216. The molecule has 0 heterocycles. The van der Waals surface area contributed by atoms with Gasteiger partial charge in [-0.15, -0.1) is 0 Å². The molecule has 5 nitrogen and oxygen atoms in total. The molecule has 0 fully saturated rings. The lowest BCUT2D eigenvalue weighted by atomic mass is 10.3. The van der Waals surface area contributed by atoms with Crippen LogP contribution in [0, 0.1) is 0 Å². The zero-order valence-electron chi connectivity index (χ0n) is 9.66. The maximum Gasteiger partial charge on any atom is 0.415 e. The van der Waals surface area contributed by atoms with E-state index in [1.807, 2.05) is 6.92 Å². The first kappa shape index (κ1) is 16.6. The number of hydrogen-bond acceptors (Lipinski definition) is 3. The Kier molecular flexibility index (Phi) is 6.38. The van der Waals surface area contributed by atoms with Gasteiger partial charge in [-0.3, -0.25) is 0 Å². The number of rotatable bonds is 7. The molecule has 17 heavy (non-hydrogen) atoms. The SMILES string of the molecule is CCCCN(C)S(=O)(=O)NCC(O)C(F)(F)F. The van der Waals surface area contributed by atoms with Crippen LogP contribution in [0.3, 0.4) is 0 Å². The number of unbranched alkanes of at least 4 members (excludes halogenated alkanes) is 1. The van der Waals surface area contributed by atoms with E-state index in [1.165, 1.54) is 7.05 Å². The molecule has 2 N–H and O–H groups in total. The van der Waals surface area contributed by atoms with Gasteiger partial charge in [0.1, 0.15) is 0 Å². The molecular weight excluding hydrogens is 261 g/mol. The first-order valence-corrected chi connectivity index (χ1v) is 6.51. The second kappa shape index (κ2) is 6.53. The van der Waals surface area contributed by atoms with E-state index in [0.717, 1.165) is 10.7 Å². The Morgan fingerprint density at radius 1 is 1.41 bits per heavy atom. The number of halogens is 3. The van der Waals surface area contributed by atoms with Gasteiger partial charge in [-0.2, -0.15) is 30.6 Å². The van der Waals surface area contributed by atoms with Crippen molar-refractivity contribution in [1.82, 2.24) is 9.03 Å². The quantitative estimate of drug-likeness (QED) is 0.711. The van der Waals surface area contributed by atoms with Crippen LogP contribution in [0.4, 0.5) is 13.2 Å². The van der Waals surface area contributed by atoms with E-state index >= 15 is 0 Å². The van der Waals surface area contributed by atoms with E-state index in [9.17, 15) is 21.6 Å². The van der Waals surface area contributed by atoms with Crippen molar-refractivity contribution in [3.05, 3.63) is 0 Å². The predicted molar refractivity (Wildman–Crippen MR) is 56.5 cm³/mol. The van der Waals surface area contributed by atoms with Crippen molar-refractivity contribution in [3.8, 4) is 0 Å². The minimum atomic E-state index is -4.83. The number of hydrogen-bond donors (Lipinski definition) is 2. The largest absolute Gasteiger partial charge is 0.415 e. The molecule has 0 rings (SSSR count). The summed E-state index contributed by atoms with van der Waals surface area (Å²) in [6, 6.07) is 0. The summed E-state index contributed by atoms with van der Waals surface area (Å²) in [5.41, 5.74) is 0. The zero-order chi connectivity index (χ0) is 13.7. The third-order valence-corrected chi connectivity index (χ3v) is 3.61. The van der Waals surface area contributed by atoms with Crippen molar-refractivity contribution < 1.29 is 26.7 Å². The van der Waals surface area contributed by atoms with Gasteiger partial charge in [0, 0.05) is 20.1 Å². The lowest BCUT2D eigenvalue weighted by molar-refractivity contribution is -0.200. The van der Waals surface area contributed by atoms with E-state index < -0.39 is 29.0 Å². The average molecular weight is 278 g/mol. The first-order chi connectivity index (χ1) is 7.61. The Morgan fingerprint density at radius 2 is 1.94 bits per heavy atom. The molecule has 0 spiro atoms. The van der Waals surface area contributed by atoms with Crippen molar-refractivity contribution >= 4 is 10.2 Å². The van der Waals surface area contributed by atoms with Crippen molar-refractivity contribution in [2.24, 2.45) is 0 Å². The Balaban J connectivity index is 4.27. The molecule has 0 saturated carbocycles. The van der Waals surface area contributed by atoms with Crippen molar-refractivity contribution in [1.29, 1.82) is 0 Å². The smallest absolute Gasteiger partial charge is 0.382 e. The maximum absolute atomic E-state index is 11.9. The summed E-state index contributed by atoms with van der Waals surface area (Å²) >= 11 is 0. The Morgan fingerprint density at radius 3 is 2.35 bits per heavy atom. The topological polar surface area (TPSA) is 69.6 Å². The summed E-state index contributed by atoms with van der Waals surface area (Å²) in [5, 5.41) is 8.64. The van der Waals surface area contributed by atoms with E-state index in [1.54, 1.807) is 4.72 Å². The fourth-order valence-corrected chi connectivity index (χ4v) is 1.87. The van der Waals surface area contributed by atoms with Crippen molar-refractivity contribution in [2.75, 3.05) is 20.1 Å². The van der Waals surface area contributed by atoms with Crippen LogP contribution in [0.2, 0.25) is 0 Å². The highest BCUT2D eigenvalue weighted by Gasteiger charge is 2.38. The number of alkyl halides is 3. The lowest BCUT2D eigenvalue weighted by Crippen LogP contribution is -2.45. The van der Waals surface area contributed by atoms with Crippen LogP contribution in [-0.4, -0.2) is 50.2 Å². The van der Waals surface area contributed by atoms with Crippen molar-refractivity contribution in [2.45, 2.75) is 32.0 Å². The average Bonchev–Trinajstić information content (AvgIpc) is 2.20. The normalized spacial score (nSPS) is 15.2. The first-order valence-electron chi connectivity index (χ1n) is 5.07. The summed E-state index contributed by atoms with van der Waals surface area (Å²) in [5.74, 6) is 0. The number of nitrogens with one attached hydrogen (secondary N) is 1. The Bertz CT molecular complexity index is 318. The molecule has 104 valence electrons. The number of aliphatic hydroxyl groups excluding tert-OH is 1. The fourth-order valence-electron chi connectivity index (χ4n) is 0.911. The highest BCUT2D eigenvalue weighted by atomic mass is 32.2. The highest BCUT2D eigenvalue weighted by molar-refractivity contribution is 7.87. The predicted octanol–water partition coefficient (Wildman–Crippen LogP) is 0.476. The standard InChI is InChI=1S/C8H17F3N2O3S/c1-3-4-5-13(2)17(15,16)12-6-7(14)8(9,10)11/h7,12,14H,3-6H2,1-2H3. The molecule has 0 radical (unpaired) electrons. The zero-order valence-corrected chi connectivity index (χ0v) is 10.5. The molecule has 0 aliphatic heterocycles. The number of aliphatic hydroxyl groups is 1. The van der Waals surface area contributed by atoms with Crippen LogP contribution in [0.5, 0.6) is 0 Å². The van der Waals surface area contributed by atoms with Crippen LogP contribution >= 0.6 is 0 Å². The van der Waals surface area contributed by atoms with Gasteiger partial charge in [-0.1, -0.05) is 13.3 Å². The van der Waals surface area contributed by atoms with E-state index in [0.29, 0.717) is 6.42 Å². The molecule has 0 aromatic rings. The second-order valence-electron chi connectivity index (χ2n) is 3.59. The van der Waals surface area contributed by atoms with Gasteiger partial charge in [-0.25, -0.2) is 0 Å². The van der Waals surface area contributed by atoms with Gasteiger partial charge in [0.15, 0.2) is 6.10 Å². The van der Waals surface area contributed by atoms with Crippen LogP contribution in [0.1, 0.15) is 19.8 Å². The summed E-state index contributed by atoms with van der Waals surface area (Å²) in [6.07, 6.45) is -6.15. The summed E-state index contributed by atoms with van der Waals surface area (Å²) in [7, 11) is -2.70. The third-order valence-electron chi connectivity index (χ3n) is 2.07. The van der Waals surface area contributed by atoms with Crippen molar-refractivity contribution in [3.63, 3.8) is 0 Å². The van der Waals surface area contributed by atoms with E-state index in [4.69, 9.17) is 5.11 Å². The molecule has 0 aromatic carbocycles. The van der Waals surface area contributed by atoms with Crippen LogP contribution < -0.4 is 4.72 Å². The van der Waals surface area contributed by atoms with Gasteiger partial charge < -0.3 is 5.11 Å². The van der Waals surface area contributed by atoms with Gasteiger partial charge in [0.2, 0.25) is 0 Å². The molecule has 0 amide bonds. The van der Waals surface area contributed by atoms with Gasteiger partial charge in [0.05, 0.1) is 0 Å². The third kappa shape index (κ3) is 6.20. The van der Waals surface area contributed by atoms with Crippen LogP contribution in [0.25, 0.3) is 0 Å². The van der Waals surface area contributed by atoms with Gasteiger partial charge in [-0.05, 0) is 6.42 Å². The molecule has 0 aliphatic carbocycles. The molecule has 0 aliphatic rings. The molecule has 0 saturated heterocycles.